The van der Waals surface area contributed by atoms with Gasteiger partial charge in [0.25, 0.3) is 0 Å². The molecule has 138 valence electrons. The summed E-state index contributed by atoms with van der Waals surface area (Å²) in [6.45, 7) is 2.42. The van der Waals surface area contributed by atoms with E-state index in [0.717, 1.165) is 0 Å². The van der Waals surface area contributed by atoms with Gasteiger partial charge < -0.3 is 4.90 Å². The second kappa shape index (κ2) is 6.69. The smallest absolute Gasteiger partial charge is 0.355 e. The predicted molar refractivity (Wildman–Crippen MR) is 90.2 cm³/mol. The quantitative estimate of drug-likeness (QED) is 0.863. The zero-order valence-corrected chi connectivity index (χ0v) is 15.0. The Morgan fingerprint density at radius 2 is 2.00 bits per heavy atom. The van der Waals surface area contributed by atoms with Crippen molar-refractivity contribution in [2.45, 2.75) is 32.0 Å². The van der Waals surface area contributed by atoms with Gasteiger partial charge in [0.15, 0.2) is 5.82 Å². The number of piperidine rings is 1. The lowest BCUT2D eigenvalue weighted by Crippen LogP contribution is -2.45. The molecule has 6 nitrogen and oxygen atoms in total. The van der Waals surface area contributed by atoms with Crippen molar-refractivity contribution in [2.24, 2.45) is 0 Å². The van der Waals surface area contributed by atoms with E-state index >= 15 is 0 Å². The molecule has 0 amide bonds. The van der Waals surface area contributed by atoms with Gasteiger partial charge in [-0.05, 0) is 31.2 Å². The Kier molecular flexibility index (Phi) is 4.91. The highest BCUT2D eigenvalue weighted by Gasteiger charge is 2.36. The van der Waals surface area contributed by atoms with Crippen LogP contribution in [0.5, 0.6) is 0 Å². The monoisotopic (exact) mass is 394 g/mol. The Balaban J connectivity index is 1.83. The van der Waals surface area contributed by atoms with Gasteiger partial charge in [-0.3, -0.25) is 0 Å². The highest BCUT2D eigenvalue weighted by molar-refractivity contribution is 7.89. The number of hydrogen-bond donors (Lipinski definition) is 1. The van der Waals surface area contributed by atoms with Gasteiger partial charge in [0.2, 0.25) is 15.8 Å². The summed E-state index contributed by atoms with van der Waals surface area (Å²) < 4.78 is 65.6. The van der Waals surface area contributed by atoms with Crippen LogP contribution in [0.1, 0.15) is 25.6 Å². The lowest BCUT2D eigenvalue weighted by atomic mass is 10.1. The van der Waals surface area contributed by atoms with Crippen molar-refractivity contribution < 1.29 is 21.6 Å². The topological polar surface area (TPSA) is 75.2 Å². The van der Waals surface area contributed by atoms with Crippen molar-refractivity contribution in [1.82, 2.24) is 14.7 Å². The summed E-state index contributed by atoms with van der Waals surface area (Å²) in [5, 5.41) is 1.69. The minimum atomic E-state index is -4.61. The highest BCUT2D eigenvalue weighted by Crippen LogP contribution is 2.35. The number of nitrogens with one attached hydrogen (secondary N) is 1. The maximum absolute atomic E-state index is 13.0. The molecular weight excluding hydrogens is 377 g/mol. The van der Waals surface area contributed by atoms with Crippen molar-refractivity contribution in [2.75, 3.05) is 23.7 Å². The fourth-order valence-corrected chi connectivity index (χ4v) is 4.49. The number of rotatable bonds is 4. The molecular formula is C14H17F3N4O2S2. The molecule has 2 aromatic rings. The number of fused-ring (bicyclic) bond motifs is 1. The number of thiophene rings is 1. The fourth-order valence-electron chi connectivity index (χ4n) is 2.74. The number of alkyl halides is 3. The Hall–Kier alpha value is -1.46. The molecule has 0 radical (unpaired) electrons. The molecule has 0 aromatic carbocycles. The summed E-state index contributed by atoms with van der Waals surface area (Å²) in [5.74, 6) is -0.879. The second-order valence-corrected chi connectivity index (χ2v) is 8.74. The molecule has 3 rings (SSSR count). The Bertz CT molecular complexity index is 859. The molecule has 11 heteroatoms. The maximum Gasteiger partial charge on any atom is 0.451 e. The standard InChI is InChI=1S/C14H17F3N4O2S2/c1-2-25(22,23)20-9-3-6-21(7-4-9)12-11-10(5-8-24-11)18-13(19-12)14(15,16)17/h5,8-9,20H,2-4,6-7H2,1H3. The van der Waals surface area contributed by atoms with Crippen LogP contribution in [0.25, 0.3) is 10.2 Å². The van der Waals surface area contributed by atoms with Crippen LogP contribution in [0.3, 0.4) is 0 Å². The van der Waals surface area contributed by atoms with E-state index in [-0.39, 0.29) is 23.1 Å². The van der Waals surface area contributed by atoms with E-state index in [1.54, 1.807) is 23.3 Å². The molecule has 1 N–H and O–H groups in total. The molecule has 1 saturated heterocycles. The summed E-state index contributed by atoms with van der Waals surface area (Å²) in [6, 6.07) is 1.34. The van der Waals surface area contributed by atoms with Crippen molar-refractivity contribution in [3.05, 3.63) is 17.3 Å². The first-order valence-electron chi connectivity index (χ1n) is 7.77. The van der Waals surface area contributed by atoms with Crippen LogP contribution in [0.15, 0.2) is 11.4 Å². The third-order valence-electron chi connectivity index (χ3n) is 4.06. The van der Waals surface area contributed by atoms with Crippen LogP contribution in [-0.4, -0.2) is 43.3 Å². The second-order valence-electron chi connectivity index (χ2n) is 5.79. The van der Waals surface area contributed by atoms with E-state index in [9.17, 15) is 21.6 Å². The zero-order valence-electron chi connectivity index (χ0n) is 13.4. The molecule has 0 saturated carbocycles. The Morgan fingerprint density at radius 1 is 1.32 bits per heavy atom. The van der Waals surface area contributed by atoms with Crippen LogP contribution in [0.2, 0.25) is 0 Å². The molecule has 1 aliphatic heterocycles. The molecule has 25 heavy (non-hydrogen) atoms. The minimum absolute atomic E-state index is 0.00385. The summed E-state index contributed by atoms with van der Waals surface area (Å²) in [5.41, 5.74) is 0.274. The first-order chi connectivity index (χ1) is 11.7. The third kappa shape index (κ3) is 4.04. The van der Waals surface area contributed by atoms with Crippen LogP contribution >= 0.6 is 11.3 Å². The molecule has 3 heterocycles. The van der Waals surface area contributed by atoms with E-state index in [1.165, 1.54) is 11.3 Å². The van der Waals surface area contributed by atoms with Gasteiger partial charge in [0, 0.05) is 19.1 Å². The zero-order chi connectivity index (χ0) is 18.2. The predicted octanol–water partition coefficient (Wildman–Crippen LogP) is 2.62. The van der Waals surface area contributed by atoms with Crippen molar-refractivity contribution >= 4 is 37.4 Å². The number of hydrogen-bond acceptors (Lipinski definition) is 6. The number of anilines is 1. The van der Waals surface area contributed by atoms with Gasteiger partial charge in [-0.2, -0.15) is 13.2 Å². The van der Waals surface area contributed by atoms with Gasteiger partial charge in [-0.1, -0.05) is 0 Å². The SMILES string of the molecule is CCS(=O)(=O)NC1CCN(c2nc(C(F)(F)F)nc3ccsc23)CC1. The fraction of sp³-hybridized carbons (Fsp3) is 0.571. The molecule has 0 atom stereocenters. The molecule has 1 fully saturated rings. The van der Waals surface area contributed by atoms with Crippen LogP contribution in [-0.2, 0) is 16.2 Å². The van der Waals surface area contributed by atoms with Gasteiger partial charge in [0.1, 0.15) is 0 Å². The van der Waals surface area contributed by atoms with Crippen molar-refractivity contribution in [3.63, 3.8) is 0 Å². The lowest BCUT2D eigenvalue weighted by molar-refractivity contribution is -0.144. The highest BCUT2D eigenvalue weighted by atomic mass is 32.2. The number of nitrogens with zero attached hydrogens (tertiary/aromatic N) is 3. The maximum atomic E-state index is 13.0. The first-order valence-corrected chi connectivity index (χ1v) is 10.3. The van der Waals surface area contributed by atoms with Gasteiger partial charge >= 0.3 is 6.18 Å². The number of sulfonamides is 1. The van der Waals surface area contributed by atoms with Crippen LogP contribution in [0.4, 0.5) is 19.0 Å². The molecule has 1 aliphatic rings. The van der Waals surface area contributed by atoms with E-state index in [0.29, 0.717) is 30.6 Å². The first kappa shape index (κ1) is 18.3. The number of halogens is 3. The summed E-state index contributed by atoms with van der Waals surface area (Å²) in [4.78, 5) is 9.11. The van der Waals surface area contributed by atoms with Gasteiger partial charge in [-0.25, -0.2) is 23.1 Å². The summed E-state index contributed by atoms with van der Waals surface area (Å²) in [7, 11) is -3.29. The molecule has 0 unspecified atom stereocenters. The Labute approximate surface area is 147 Å². The third-order valence-corrected chi connectivity index (χ3v) is 6.41. The summed E-state index contributed by atoms with van der Waals surface area (Å²) >= 11 is 1.30. The van der Waals surface area contributed by atoms with Crippen molar-refractivity contribution in [1.29, 1.82) is 0 Å². The molecule has 0 spiro atoms. The average molecular weight is 394 g/mol. The van der Waals surface area contributed by atoms with E-state index in [4.69, 9.17) is 0 Å². The summed E-state index contributed by atoms with van der Waals surface area (Å²) in [6.07, 6.45) is -3.59. The molecule has 2 aromatic heterocycles. The molecule has 0 aliphatic carbocycles. The lowest BCUT2D eigenvalue weighted by Gasteiger charge is -2.33. The van der Waals surface area contributed by atoms with E-state index in [2.05, 4.69) is 14.7 Å². The minimum Gasteiger partial charge on any atom is -0.355 e. The Morgan fingerprint density at radius 3 is 2.60 bits per heavy atom. The van der Waals surface area contributed by atoms with E-state index in [1.807, 2.05) is 0 Å². The van der Waals surface area contributed by atoms with Gasteiger partial charge in [-0.15, -0.1) is 11.3 Å². The largest absolute Gasteiger partial charge is 0.451 e. The van der Waals surface area contributed by atoms with Crippen LogP contribution < -0.4 is 9.62 Å². The van der Waals surface area contributed by atoms with E-state index < -0.39 is 22.0 Å². The van der Waals surface area contributed by atoms with Crippen LogP contribution in [0, 0.1) is 0 Å². The number of aromatic nitrogens is 2. The van der Waals surface area contributed by atoms with Crippen molar-refractivity contribution in [3.8, 4) is 0 Å². The molecule has 0 bridgehead atoms. The normalized spacial score (nSPS) is 17.4. The van der Waals surface area contributed by atoms with Gasteiger partial charge in [0.05, 0.1) is 16.0 Å². The average Bonchev–Trinajstić information content (AvgIpc) is 3.02.